The van der Waals surface area contributed by atoms with Crippen LogP contribution in [-0.4, -0.2) is 30.2 Å². The molecule has 0 bridgehead atoms. The average Bonchev–Trinajstić information content (AvgIpc) is 2.83. The quantitative estimate of drug-likeness (QED) is 0.709. The van der Waals surface area contributed by atoms with Crippen molar-refractivity contribution in [2.45, 2.75) is 91.6 Å². The van der Waals surface area contributed by atoms with Crippen LogP contribution in [-0.2, 0) is 9.53 Å². The van der Waals surface area contributed by atoms with Gasteiger partial charge in [0.15, 0.2) is 0 Å². The predicted octanol–water partition coefficient (Wildman–Crippen LogP) is 5.00. The molecule has 2 saturated carbocycles. The van der Waals surface area contributed by atoms with Crippen LogP contribution >= 0.6 is 0 Å². The molecule has 2 aliphatic rings. The number of methoxy groups -OCH3 is 1. The van der Waals surface area contributed by atoms with E-state index in [1.807, 2.05) is 27.7 Å². The maximum atomic E-state index is 12.2. The highest BCUT2D eigenvalue weighted by Crippen LogP contribution is 2.55. The van der Waals surface area contributed by atoms with E-state index in [0.717, 1.165) is 38.7 Å². The van der Waals surface area contributed by atoms with Gasteiger partial charge in [-0.3, -0.25) is 4.79 Å². The first kappa shape index (κ1) is 21.6. The molecule has 0 heterocycles. The number of Topliss-reactive ketones (excluding diaryl/α,β-unsaturated/α-hetero) is 1. The molecule has 2 fully saturated rings. The minimum absolute atomic E-state index is 0.238. The molecule has 3 heteroatoms. The van der Waals surface area contributed by atoms with Crippen molar-refractivity contribution in [1.29, 1.82) is 0 Å². The molecule has 0 spiro atoms. The molecule has 4 atom stereocenters. The van der Waals surface area contributed by atoms with E-state index in [4.69, 9.17) is 4.74 Å². The number of rotatable bonds is 7. The molecular weight excluding hydrogens is 300 g/mol. The summed E-state index contributed by atoms with van der Waals surface area (Å²) in [6, 6.07) is 0. The van der Waals surface area contributed by atoms with Crippen molar-refractivity contribution in [3.05, 3.63) is 0 Å². The normalized spacial score (nSPS) is 31.2. The lowest BCUT2D eigenvalue weighted by Gasteiger charge is -2.40. The molecule has 0 aliphatic heterocycles. The Labute approximate surface area is 149 Å². The maximum absolute atomic E-state index is 12.2. The van der Waals surface area contributed by atoms with Gasteiger partial charge in [0.05, 0.1) is 5.60 Å². The van der Waals surface area contributed by atoms with Gasteiger partial charge in [-0.1, -0.05) is 20.8 Å². The summed E-state index contributed by atoms with van der Waals surface area (Å²) in [5.74, 6) is 1.91. The van der Waals surface area contributed by atoms with Gasteiger partial charge in [-0.15, -0.1) is 0 Å². The highest BCUT2D eigenvalue weighted by molar-refractivity contribution is 5.83. The minimum Gasteiger partial charge on any atom is -0.390 e. The van der Waals surface area contributed by atoms with Gasteiger partial charge in [0.1, 0.15) is 5.78 Å². The van der Waals surface area contributed by atoms with E-state index in [1.54, 1.807) is 7.11 Å². The number of aliphatic hydroxyl groups is 1. The fourth-order valence-corrected chi connectivity index (χ4v) is 5.13. The van der Waals surface area contributed by atoms with Gasteiger partial charge in [-0.25, -0.2) is 0 Å². The molecule has 2 unspecified atom stereocenters. The summed E-state index contributed by atoms with van der Waals surface area (Å²) >= 11 is 0. The summed E-state index contributed by atoms with van der Waals surface area (Å²) in [5.41, 5.74) is -0.395. The molecule has 3 nitrogen and oxygen atoms in total. The average molecular weight is 341 g/mol. The SMILES string of the molecule is CC.COC[C@H](CCC1CCC2C(=O)CCC[C@]12C)CC(C)(C)O. The molecule has 24 heavy (non-hydrogen) atoms. The lowest BCUT2D eigenvalue weighted by molar-refractivity contribution is -0.129. The highest BCUT2D eigenvalue weighted by Gasteiger charge is 2.50. The first-order valence-electron chi connectivity index (χ1n) is 10.0. The molecule has 2 aliphatic carbocycles. The molecule has 0 aromatic carbocycles. The summed E-state index contributed by atoms with van der Waals surface area (Å²) < 4.78 is 5.35. The largest absolute Gasteiger partial charge is 0.390 e. The Morgan fingerprint density at radius 2 is 2.00 bits per heavy atom. The van der Waals surface area contributed by atoms with Crippen LogP contribution in [0, 0.1) is 23.2 Å². The van der Waals surface area contributed by atoms with Crippen molar-refractivity contribution in [3.8, 4) is 0 Å². The zero-order valence-electron chi connectivity index (χ0n) is 16.9. The number of carbonyl (C=O) groups is 1. The molecule has 0 saturated heterocycles. The van der Waals surface area contributed by atoms with E-state index >= 15 is 0 Å². The topological polar surface area (TPSA) is 46.5 Å². The van der Waals surface area contributed by atoms with Gasteiger partial charge in [0.25, 0.3) is 0 Å². The van der Waals surface area contributed by atoms with Gasteiger partial charge >= 0.3 is 0 Å². The number of ether oxygens (including phenoxy) is 1. The monoisotopic (exact) mass is 340 g/mol. The van der Waals surface area contributed by atoms with Crippen molar-refractivity contribution in [1.82, 2.24) is 0 Å². The first-order chi connectivity index (χ1) is 11.3. The number of hydrogen-bond donors (Lipinski definition) is 1. The second kappa shape index (κ2) is 9.33. The van der Waals surface area contributed by atoms with Gasteiger partial charge < -0.3 is 9.84 Å². The Morgan fingerprint density at radius 3 is 2.58 bits per heavy atom. The number of ketones is 1. The van der Waals surface area contributed by atoms with Crippen LogP contribution in [0.15, 0.2) is 0 Å². The molecule has 2 rings (SSSR count). The first-order valence-corrected chi connectivity index (χ1v) is 10.0. The smallest absolute Gasteiger partial charge is 0.136 e. The second-order valence-electron chi connectivity index (χ2n) is 8.57. The maximum Gasteiger partial charge on any atom is 0.136 e. The van der Waals surface area contributed by atoms with E-state index in [1.165, 1.54) is 19.3 Å². The molecule has 0 aromatic heterocycles. The lowest BCUT2D eigenvalue weighted by Crippen LogP contribution is -2.37. The molecule has 142 valence electrons. The lowest BCUT2D eigenvalue weighted by atomic mass is 9.64. The van der Waals surface area contributed by atoms with Gasteiger partial charge in [0, 0.05) is 26.1 Å². The third-order valence-corrected chi connectivity index (χ3v) is 6.17. The van der Waals surface area contributed by atoms with Crippen molar-refractivity contribution < 1.29 is 14.6 Å². The van der Waals surface area contributed by atoms with Crippen LogP contribution < -0.4 is 0 Å². The zero-order valence-corrected chi connectivity index (χ0v) is 16.9. The highest BCUT2D eigenvalue weighted by atomic mass is 16.5. The summed E-state index contributed by atoms with van der Waals surface area (Å²) in [5, 5.41) is 10.1. The summed E-state index contributed by atoms with van der Waals surface area (Å²) in [7, 11) is 1.74. The number of hydrogen-bond acceptors (Lipinski definition) is 3. The van der Waals surface area contributed by atoms with E-state index in [-0.39, 0.29) is 5.41 Å². The Bertz CT molecular complexity index is 385. The Kier molecular flexibility index (Phi) is 8.41. The molecule has 0 radical (unpaired) electrons. The van der Waals surface area contributed by atoms with Gasteiger partial charge in [-0.05, 0) is 76.0 Å². The third kappa shape index (κ3) is 5.56. The van der Waals surface area contributed by atoms with Gasteiger partial charge in [0.2, 0.25) is 0 Å². The molecule has 1 N–H and O–H groups in total. The van der Waals surface area contributed by atoms with E-state index in [9.17, 15) is 9.90 Å². The van der Waals surface area contributed by atoms with Crippen molar-refractivity contribution in [2.75, 3.05) is 13.7 Å². The van der Waals surface area contributed by atoms with E-state index in [2.05, 4.69) is 6.92 Å². The summed E-state index contributed by atoms with van der Waals surface area (Å²) in [4.78, 5) is 12.2. The zero-order chi connectivity index (χ0) is 18.4. The minimum atomic E-state index is -0.633. The van der Waals surface area contributed by atoms with Crippen LogP contribution in [0.4, 0.5) is 0 Å². The summed E-state index contributed by atoms with van der Waals surface area (Å²) in [6.45, 7) is 10.8. The standard InChI is InChI=1S/C19H34O3.C2H6/c1-18(2,21)12-14(13-22-4)7-8-15-9-10-16-17(20)6-5-11-19(15,16)3;1-2/h14-16,21H,5-13H2,1-4H3;1-2H3/t14-,15?,16?,19-;/m1./s1. The predicted molar refractivity (Wildman–Crippen MR) is 100 cm³/mol. The Balaban J connectivity index is 0.00000139. The van der Waals surface area contributed by atoms with Crippen LogP contribution in [0.5, 0.6) is 0 Å². The Hall–Kier alpha value is -0.410. The van der Waals surface area contributed by atoms with Crippen LogP contribution in [0.1, 0.15) is 86.0 Å². The van der Waals surface area contributed by atoms with Crippen molar-refractivity contribution in [2.24, 2.45) is 23.2 Å². The van der Waals surface area contributed by atoms with E-state index < -0.39 is 5.60 Å². The van der Waals surface area contributed by atoms with Crippen molar-refractivity contribution in [3.63, 3.8) is 0 Å². The van der Waals surface area contributed by atoms with E-state index in [0.29, 0.717) is 23.5 Å². The molecule has 0 aromatic rings. The van der Waals surface area contributed by atoms with Crippen LogP contribution in [0.2, 0.25) is 0 Å². The third-order valence-electron chi connectivity index (χ3n) is 6.17. The number of fused-ring (bicyclic) bond motifs is 1. The molecule has 0 amide bonds. The fourth-order valence-electron chi connectivity index (χ4n) is 5.13. The fraction of sp³-hybridized carbons (Fsp3) is 0.952. The van der Waals surface area contributed by atoms with Crippen LogP contribution in [0.25, 0.3) is 0 Å². The summed E-state index contributed by atoms with van der Waals surface area (Å²) in [6.07, 6.45) is 8.45. The molecular formula is C21H40O3. The van der Waals surface area contributed by atoms with Crippen LogP contribution in [0.3, 0.4) is 0 Å². The Morgan fingerprint density at radius 1 is 1.33 bits per heavy atom. The second-order valence-corrected chi connectivity index (χ2v) is 8.57. The van der Waals surface area contributed by atoms with Crippen molar-refractivity contribution >= 4 is 5.78 Å². The van der Waals surface area contributed by atoms with Gasteiger partial charge in [-0.2, -0.15) is 0 Å². The number of carbonyl (C=O) groups excluding carboxylic acids is 1.